The molecule has 1 fully saturated rings. The second-order valence-electron chi connectivity index (χ2n) is 5.75. The van der Waals surface area contributed by atoms with E-state index >= 15 is 0 Å². The fraction of sp³-hybridized carbons (Fsp3) is 0.250. The minimum atomic E-state index is -0.639. The van der Waals surface area contributed by atoms with E-state index in [4.69, 9.17) is 9.47 Å². The van der Waals surface area contributed by atoms with E-state index in [-0.39, 0.29) is 31.2 Å². The van der Waals surface area contributed by atoms with E-state index in [1.54, 1.807) is 36.0 Å². The average Bonchev–Trinajstić information content (AvgIpc) is 3.01. The molecule has 0 bridgehead atoms. The highest BCUT2D eigenvalue weighted by atomic mass is 32.2. The lowest BCUT2D eigenvalue weighted by Gasteiger charge is -2.17. The Bertz CT molecular complexity index is 702. The molecule has 1 aliphatic heterocycles. The maximum absolute atomic E-state index is 12.0. The van der Waals surface area contributed by atoms with Crippen LogP contribution in [-0.2, 0) is 9.47 Å². The van der Waals surface area contributed by atoms with Crippen molar-refractivity contribution in [1.29, 1.82) is 0 Å². The van der Waals surface area contributed by atoms with Gasteiger partial charge in [0.05, 0.1) is 36.9 Å². The van der Waals surface area contributed by atoms with Crippen molar-refractivity contribution in [2.45, 2.75) is 17.1 Å². The fourth-order valence-electron chi connectivity index (χ4n) is 2.60. The van der Waals surface area contributed by atoms with Crippen LogP contribution in [0.3, 0.4) is 0 Å². The topological polar surface area (TPSA) is 55.8 Å². The average molecular weight is 356 g/mol. The van der Waals surface area contributed by atoms with E-state index in [1.807, 2.05) is 47.9 Å². The summed E-state index contributed by atoms with van der Waals surface area (Å²) in [6.07, 6.45) is 1.00. The molecule has 25 heavy (non-hydrogen) atoms. The molecule has 1 heterocycles. The predicted molar refractivity (Wildman–Crippen MR) is 97.4 cm³/mol. The van der Waals surface area contributed by atoms with Gasteiger partial charge in [0.2, 0.25) is 0 Å². The van der Waals surface area contributed by atoms with Crippen LogP contribution in [-0.4, -0.2) is 36.5 Å². The lowest BCUT2D eigenvalue weighted by atomic mass is 10.0. The van der Waals surface area contributed by atoms with Gasteiger partial charge in [-0.1, -0.05) is 48.2 Å². The Kier molecular flexibility index (Phi) is 6.28. The van der Waals surface area contributed by atoms with Crippen molar-refractivity contribution >= 4 is 17.7 Å². The summed E-state index contributed by atoms with van der Waals surface area (Å²) in [4.78, 5) is 13.2. The molecule has 0 saturated carbocycles. The van der Waals surface area contributed by atoms with Crippen LogP contribution in [0.1, 0.15) is 10.4 Å². The number of carbonyl (C=O) groups is 1. The normalized spacial score (nSPS) is 23.0. The SMILES string of the molecule is O=C(OC[C@H]1[C@H](O)CO[C@@H]1/C=C/Sc1ccccc1)c1ccccc1. The number of esters is 1. The predicted octanol–water partition coefficient (Wildman–Crippen LogP) is 3.53. The van der Waals surface area contributed by atoms with Crippen molar-refractivity contribution < 1.29 is 19.4 Å². The van der Waals surface area contributed by atoms with Gasteiger partial charge in [-0.15, -0.1) is 0 Å². The zero-order valence-corrected chi connectivity index (χ0v) is 14.5. The molecule has 2 aromatic carbocycles. The largest absolute Gasteiger partial charge is 0.462 e. The number of aliphatic hydroxyl groups excluding tert-OH is 1. The van der Waals surface area contributed by atoms with E-state index in [0.29, 0.717) is 5.56 Å². The zero-order valence-electron chi connectivity index (χ0n) is 13.7. The Hall–Kier alpha value is -2.08. The lowest BCUT2D eigenvalue weighted by Crippen LogP contribution is -2.29. The number of aliphatic hydroxyl groups is 1. The first-order valence-electron chi connectivity index (χ1n) is 8.14. The van der Waals surface area contributed by atoms with Crippen LogP contribution < -0.4 is 0 Å². The maximum atomic E-state index is 12.0. The molecule has 130 valence electrons. The van der Waals surface area contributed by atoms with Crippen molar-refractivity contribution in [2.24, 2.45) is 5.92 Å². The van der Waals surface area contributed by atoms with Gasteiger partial charge in [-0.05, 0) is 35.7 Å². The third-order valence-corrected chi connectivity index (χ3v) is 4.85. The van der Waals surface area contributed by atoms with Crippen molar-refractivity contribution in [1.82, 2.24) is 0 Å². The van der Waals surface area contributed by atoms with Crippen LogP contribution >= 0.6 is 11.8 Å². The molecule has 0 amide bonds. The smallest absolute Gasteiger partial charge is 0.338 e. The summed E-state index contributed by atoms with van der Waals surface area (Å²) in [5.74, 6) is -0.652. The Labute approximate surface area is 151 Å². The lowest BCUT2D eigenvalue weighted by molar-refractivity contribution is 0.0294. The molecule has 0 unspecified atom stereocenters. The van der Waals surface area contributed by atoms with Crippen LogP contribution in [0.2, 0.25) is 0 Å². The quantitative estimate of drug-likeness (QED) is 0.634. The van der Waals surface area contributed by atoms with Gasteiger partial charge in [0.1, 0.15) is 0 Å². The van der Waals surface area contributed by atoms with Gasteiger partial charge in [-0.3, -0.25) is 0 Å². The molecular weight excluding hydrogens is 336 g/mol. The van der Waals surface area contributed by atoms with E-state index in [0.717, 1.165) is 4.90 Å². The molecule has 1 saturated heterocycles. The minimum Gasteiger partial charge on any atom is -0.462 e. The van der Waals surface area contributed by atoms with Gasteiger partial charge in [-0.2, -0.15) is 0 Å². The molecule has 0 radical (unpaired) electrons. The van der Waals surface area contributed by atoms with Crippen LogP contribution in [0.5, 0.6) is 0 Å². The highest BCUT2D eigenvalue weighted by molar-refractivity contribution is 8.02. The summed E-state index contributed by atoms with van der Waals surface area (Å²) < 4.78 is 11.0. The van der Waals surface area contributed by atoms with Crippen LogP contribution in [0.15, 0.2) is 77.0 Å². The maximum Gasteiger partial charge on any atom is 0.338 e. The third-order valence-electron chi connectivity index (χ3n) is 4.01. The number of hydrogen-bond acceptors (Lipinski definition) is 5. The van der Waals surface area contributed by atoms with Gasteiger partial charge in [-0.25, -0.2) is 4.79 Å². The first kappa shape index (κ1) is 17.7. The molecule has 1 N–H and O–H groups in total. The molecule has 3 atom stereocenters. The zero-order chi connectivity index (χ0) is 17.5. The molecule has 0 aliphatic carbocycles. The van der Waals surface area contributed by atoms with Crippen molar-refractivity contribution in [3.05, 3.63) is 77.7 Å². The highest BCUT2D eigenvalue weighted by Gasteiger charge is 2.35. The third kappa shape index (κ3) is 4.95. The van der Waals surface area contributed by atoms with Crippen molar-refractivity contribution in [2.75, 3.05) is 13.2 Å². The van der Waals surface area contributed by atoms with Crippen LogP contribution in [0.25, 0.3) is 0 Å². The summed E-state index contributed by atoms with van der Waals surface area (Å²) in [6, 6.07) is 18.8. The second-order valence-corrected chi connectivity index (χ2v) is 6.73. The van der Waals surface area contributed by atoms with Crippen molar-refractivity contribution in [3.8, 4) is 0 Å². The van der Waals surface area contributed by atoms with Crippen molar-refractivity contribution in [3.63, 3.8) is 0 Å². The van der Waals surface area contributed by atoms with E-state index in [1.165, 1.54) is 0 Å². The monoisotopic (exact) mass is 356 g/mol. The first-order chi connectivity index (χ1) is 12.2. The number of ether oxygens (including phenoxy) is 2. The first-order valence-corrected chi connectivity index (χ1v) is 9.02. The summed E-state index contributed by atoms with van der Waals surface area (Å²) in [5, 5.41) is 12.1. The Morgan fingerprint density at radius 3 is 2.56 bits per heavy atom. The summed E-state index contributed by atoms with van der Waals surface area (Å²) in [7, 11) is 0. The minimum absolute atomic E-state index is 0.125. The van der Waals surface area contributed by atoms with Crippen LogP contribution in [0, 0.1) is 5.92 Å². The summed E-state index contributed by atoms with van der Waals surface area (Å²) in [5.41, 5.74) is 0.502. The van der Waals surface area contributed by atoms with Gasteiger partial charge in [0, 0.05) is 4.90 Å². The van der Waals surface area contributed by atoms with Crippen LogP contribution in [0.4, 0.5) is 0 Å². The fourth-order valence-corrected chi connectivity index (χ4v) is 3.31. The molecule has 4 nitrogen and oxygen atoms in total. The molecule has 3 rings (SSSR count). The Balaban J connectivity index is 1.54. The Morgan fingerprint density at radius 2 is 1.84 bits per heavy atom. The van der Waals surface area contributed by atoms with Gasteiger partial charge < -0.3 is 14.6 Å². The number of carbonyl (C=O) groups excluding carboxylic acids is 1. The standard InChI is InChI=1S/C20H20O4S/c21-18-14-23-19(11-12-25-16-9-5-2-6-10-16)17(18)13-24-20(22)15-7-3-1-4-8-15/h1-12,17-19,21H,13-14H2/b12-11+/t17-,18+,19+/m0/s1. The second kappa shape index (κ2) is 8.85. The number of rotatable bonds is 6. The van der Waals surface area contributed by atoms with E-state index in [2.05, 4.69) is 0 Å². The molecule has 5 heteroatoms. The van der Waals surface area contributed by atoms with E-state index < -0.39 is 6.10 Å². The number of hydrogen-bond donors (Lipinski definition) is 1. The summed E-state index contributed by atoms with van der Waals surface area (Å²) in [6.45, 7) is 0.373. The molecular formula is C20H20O4S. The molecule has 0 aromatic heterocycles. The highest BCUT2D eigenvalue weighted by Crippen LogP contribution is 2.26. The Morgan fingerprint density at radius 1 is 1.16 bits per heavy atom. The number of thioether (sulfide) groups is 1. The molecule has 2 aromatic rings. The molecule has 1 aliphatic rings. The van der Waals surface area contributed by atoms with E-state index in [9.17, 15) is 9.90 Å². The molecule has 0 spiro atoms. The van der Waals surface area contributed by atoms with Gasteiger partial charge in [0.15, 0.2) is 0 Å². The van der Waals surface area contributed by atoms with Gasteiger partial charge >= 0.3 is 5.97 Å². The van der Waals surface area contributed by atoms with Gasteiger partial charge in [0.25, 0.3) is 0 Å². The number of benzene rings is 2. The summed E-state index contributed by atoms with van der Waals surface area (Å²) >= 11 is 1.58.